The Morgan fingerprint density at radius 3 is 2.75 bits per heavy atom. The molecular weight excluding hydrogens is 398 g/mol. The van der Waals surface area contributed by atoms with Gasteiger partial charge >= 0.3 is 0 Å². The van der Waals surface area contributed by atoms with E-state index in [0.717, 1.165) is 41.8 Å². The van der Waals surface area contributed by atoms with Gasteiger partial charge in [0.15, 0.2) is 0 Å². The van der Waals surface area contributed by atoms with Crippen LogP contribution in [0.3, 0.4) is 0 Å². The molecule has 32 heavy (non-hydrogen) atoms. The number of benzene rings is 1. The van der Waals surface area contributed by atoms with Crippen molar-refractivity contribution in [1.29, 1.82) is 0 Å². The topological polar surface area (TPSA) is 73.9 Å². The lowest BCUT2D eigenvalue weighted by Gasteiger charge is -2.30. The molecule has 6 heteroatoms. The van der Waals surface area contributed by atoms with Crippen LogP contribution in [0.1, 0.15) is 40.4 Å². The van der Waals surface area contributed by atoms with Gasteiger partial charge in [-0.15, -0.1) is 0 Å². The Morgan fingerprint density at radius 2 is 1.91 bits per heavy atom. The number of carbonyl (C=O) groups excluding carboxylic acids is 1. The fourth-order valence-corrected chi connectivity index (χ4v) is 5.26. The van der Waals surface area contributed by atoms with Gasteiger partial charge in [0.1, 0.15) is 5.65 Å². The first-order valence-corrected chi connectivity index (χ1v) is 11.3. The molecule has 0 saturated carbocycles. The van der Waals surface area contributed by atoms with Crippen LogP contribution in [-0.2, 0) is 6.42 Å². The van der Waals surface area contributed by atoms with Crippen LogP contribution in [-0.4, -0.2) is 44.9 Å². The molecule has 4 heterocycles. The van der Waals surface area contributed by atoms with Crippen molar-refractivity contribution in [2.24, 2.45) is 0 Å². The molecule has 1 aromatic carbocycles. The minimum atomic E-state index is -0.0727. The summed E-state index contributed by atoms with van der Waals surface area (Å²) in [5.74, 6) is -0.0727. The molecule has 160 valence electrons. The number of aromatic nitrogens is 3. The van der Waals surface area contributed by atoms with Gasteiger partial charge in [-0.2, -0.15) is 0 Å². The molecule has 0 unspecified atom stereocenters. The monoisotopic (exact) mass is 423 g/mol. The largest absolute Gasteiger partial charge is 0.346 e. The molecule has 1 aliphatic carbocycles. The summed E-state index contributed by atoms with van der Waals surface area (Å²) in [4.78, 5) is 27.8. The lowest BCUT2D eigenvalue weighted by molar-refractivity contribution is 0.0906. The molecule has 1 fully saturated rings. The Bertz CT molecular complexity index is 1270. The van der Waals surface area contributed by atoms with Crippen LogP contribution in [0.4, 0.5) is 0 Å². The lowest BCUT2D eigenvalue weighted by atomic mass is 10.0. The van der Waals surface area contributed by atoms with Crippen LogP contribution in [0.15, 0.2) is 67.1 Å². The minimum Gasteiger partial charge on any atom is -0.346 e. The first kappa shape index (κ1) is 19.2. The quantitative estimate of drug-likeness (QED) is 0.518. The zero-order valence-electron chi connectivity index (χ0n) is 17.8. The number of likely N-dealkylation sites (tertiary alicyclic amines) is 1. The summed E-state index contributed by atoms with van der Waals surface area (Å²) in [5.41, 5.74) is 5.83. The summed E-state index contributed by atoms with van der Waals surface area (Å²) in [7, 11) is 0. The van der Waals surface area contributed by atoms with Gasteiger partial charge < -0.3 is 10.3 Å². The van der Waals surface area contributed by atoms with Crippen LogP contribution < -0.4 is 5.32 Å². The SMILES string of the molecule is O=C(N[C@@H]1c2ccccc2C[C@H]1N1CCCC1)c1ccc(-c2ccnc3[nH]ccc23)nc1. The molecule has 0 radical (unpaired) electrons. The van der Waals surface area contributed by atoms with E-state index in [2.05, 4.69) is 49.4 Å². The Morgan fingerprint density at radius 1 is 1.03 bits per heavy atom. The van der Waals surface area contributed by atoms with Gasteiger partial charge in [0.25, 0.3) is 5.91 Å². The second kappa shape index (κ2) is 7.88. The summed E-state index contributed by atoms with van der Waals surface area (Å²) in [6.07, 6.45) is 8.79. The number of amides is 1. The number of nitrogens with zero attached hydrogens (tertiary/aromatic N) is 3. The van der Waals surface area contributed by atoms with Gasteiger partial charge in [0.2, 0.25) is 0 Å². The summed E-state index contributed by atoms with van der Waals surface area (Å²) in [6, 6.07) is 16.6. The van der Waals surface area contributed by atoms with E-state index in [1.54, 1.807) is 12.4 Å². The van der Waals surface area contributed by atoms with Crippen molar-refractivity contribution in [3.63, 3.8) is 0 Å². The van der Waals surface area contributed by atoms with Crippen molar-refractivity contribution >= 4 is 16.9 Å². The van der Waals surface area contributed by atoms with E-state index in [1.807, 2.05) is 30.5 Å². The third kappa shape index (κ3) is 3.28. The lowest BCUT2D eigenvalue weighted by Crippen LogP contribution is -2.43. The summed E-state index contributed by atoms with van der Waals surface area (Å²) >= 11 is 0. The second-order valence-electron chi connectivity index (χ2n) is 8.70. The smallest absolute Gasteiger partial charge is 0.253 e. The number of nitrogens with one attached hydrogen (secondary N) is 2. The molecule has 3 aromatic heterocycles. The van der Waals surface area contributed by atoms with Gasteiger partial charge in [0.05, 0.1) is 17.3 Å². The highest BCUT2D eigenvalue weighted by atomic mass is 16.1. The number of aromatic amines is 1. The van der Waals surface area contributed by atoms with Crippen molar-refractivity contribution in [2.45, 2.75) is 31.3 Å². The van der Waals surface area contributed by atoms with Crippen LogP contribution >= 0.6 is 0 Å². The molecule has 2 N–H and O–H groups in total. The first-order valence-electron chi connectivity index (χ1n) is 11.3. The summed E-state index contributed by atoms with van der Waals surface area (Å²) in [5, 5.41) is 4.35. The van der Waals surface area contributed by atoms with Gasteiger partial charge in [-0.25, -0.2) is 4.98 Å². The third-order valence-electron chi connectivity index (χ3n) is 6.86. The number of hydrogen-bond acceptors (Lipinski definition) is 4. The third-order valence-corrected chi connectivity index (χ3v) is 6.86. The van der Waals surface area contributed by atoms with Crippen LogP contribution in [0.2, 0.25) is 0 Å². The molecule has 2 aliphatic rings. The zero-order chi connectivity index (χ0) is 21.5. The Hall–Kier alpha value is -3.51. The van der Waals surface area contributed by atoms with E-state index in [1.165, 1.54) is 24.0 Å². The number of hydrogen-bond donors (Lipinski definition) is 2. The molecule has 1 saturated heterocycles. The molecule has 1 aliphatic heterocycles. The van der Waals surface area contributed by atoms with E-state index in [4.69, 9.17) is 0 Å². The van der Waals surface area contributed by atoms with Gasteiger partial charge in [0, 0.05) is 35.6 Å². The van der Waals surface area contributed by atoms with E-state index >= 15 is 0 Å². The van der Waals surface area contributed by atoms with Gasteiger partial charge in [-0.1, -0.05) is 24.3 Å². The van der Waals surface area contributed by atoms with E-state index in [-0.39, 0.29) is 11.9 Å². The average molecular weight is 424 g/mol. The Labute approximate surface area is 186 Å². The maximum absolute atomic E-state index is 13.2. The number of H-pyrrole nitrogens is 1. The fourth-order valence-electron chi connectivity index (χ4n) is 5.26. The highest BCUT2D eigenvalue weighted by Gasteiger charge is 2.38. The van der Waals surface area contributed by atoms with Crippen LogP contribution in [0.5, 0.6) is 0 Å². The van der Waals surface area contributed by atoms with Crippen molar-refractivity contribution in [1.82, 2.24) is 25.2 Å². The summed E-state index contributed by atoms with van der Waals surface area (Å²) < 4.78 is 0. The first-order chi connectivity index (χ1) is 15.8. The molecular formula is C26H25N5O. The number of carbonyl (C=O) groups is 1. The second-order valence-corrected chi connectivity index (χ2v) is 8.70. The van der Waals surface area contributed by atoms with Crippen molar-refractivity contribution < 1.29 is 4.79 Å². The van der Waals surface area contributed by atoms with Gasteiger partial charge in [-0.3, -0.25) is 14.7 Å². The Kier molecular flexibility index (Phi) is 4.72. The molecule has 6 nitrogen and oxygen atoms in total. The normalized spacial score (nSPS) is 20.5. The standard InChI is InChI=1S/C26H25N5O/c32-26(18-7-8-22(29-16-18)20-9-11-27-25-21(20)10-12-28-25)30-24-19-6-2-1-5-17(19)15-23(24)31-13-3-4-14-31/h1-2,5-12,16,23-24H,3-4,13-15H2,(H,27,28)(H,30,32)/t23-,24-/m1/s1. The van der Waals surface area contributed by atoms with Crippen LogP contribution in [0, 0.1) is 0 Å². The van der Waals surface area contributed by atoms with Crippen LogP contribution in [0.25, 0.3) is 22.3 Å². The predicted molar refractivity (Wildman–Crippen MR) is 124 cm³/mol. The maximum Gasteiger partial charge on any atom is 0.253 e. The molecule has 0 spiro atoms. The molecule has 2 atom stereocenters. The number of rotatable bonds is 4. The van der Waals surface area contributed by atoms with E-state index < -0.39 is 0 Å². The van der Waals surface area contributed by atoms with E-state index in [0.29, 0.717) is 11.6 Å². The predicted octanol–water partition coefficient (Wildman–Crippen LogP) is 4.12. The number of pyridine rings is 2. The molecule has 1 amide bonds. The van der Waals surface area contributed by atoms with Crippen molar-refractivity contribution in [3.8, 4) is 11.3 Å². The minimum absolute atomic E-state index is 0.0103. The number of fused-ring (bicyclic) bond motifs is 2. The highest BCUT2D eigenvalue weighted by molar-refractivity contribution is 5.95. The molecule has 6 rings (SSSR count). The zero-order valence-corrected chi connectivity index (χ0v) is 17.8. The summed E-state index contributed by atoms with van der Waals surface area (Å²) in [6.45, 7) is 2.22. The van der Waals surface area contributed by atoms with E-state index in [9.17, 15) is 4.79 Å². The van der Waals surface area contributed by atoms with Gasteiger partial charge in [-0.05, 0) is 67.7 Å². The van der Waals surface area contributed by atoms with Crippen molar-refractivity contribution in [3.05, 3.63) is 83.8 Å². The van der Waals surface area contributed by atoms with Crippen molar-refractivity contribution in [2.75, 3.05) is 13.1 Å². The highest BCUT2D eigenvalue weighted by Crippen LogP contribution is 2.36. The molecule has 0 bridgehead atoms. The fraction of sp³-hybridized carbons (Fsp3) is 0.269. The molecule has 4 aromatic rings. The Balaban J connectivity index is 1.26. The average Bonchev–Trinajstić information content (AvgIpc) is 3.59. The maximum atomic E-state index is 13.2.